The molecule has 0 unspecified atom stereocenters. The Morgan fingerprint density at radius 2 is 1.81 bits per heavy atom. The van der Waals surface area contributed by atoms with Crippen LogP contribution in [0.25, 0.3) is 11.3 Å². The van der Waals surface area contributed by atoms with Crippen molar-refractivity contribution in [3.8, 4) is 29.0 Å². The molecule has 224 valence electrons. The van der Waals surface area contributed by atoms with Crippen LogP contribution in [0.3, 0.4) is 0 Å². The number of nitrogens with one attached hydrogen (secondary N) is 1. The number of hydrogen-bond acceptors (Lipinski definition) is 11. The van der Waals surface area contributed by atoms with Crippen LogP contribution in [0.15, 0.2) is 42.6 Å². The lowest BCUT2D eigenvalue weighted by Crippen LogP contribution is -2.64. The first-order chi connectivity index (χ1) is 20.9. The average Bonchev–Trinajstić information content (AvgIpc) is 2.99. The van der Waals surface area contributed by atoms with Gasteiger partial charge >= 0.3 is 0 Å². The molecule has 2 aromatic heterocycles. The van der Waals surface area contributed by atoms with E-state index >= 15 is 0 Å². The second-order valence-electron chi connectivity index (χ2n) is 11.5. The zero-order valence-electron chi connectivity index (χ0n) is 24.8. The van der Waals surface area contributed by atoms with Crippen molar-refractivity contribution >= 4 is 23.2 Å². The number of methoxy groups -OCH3 is 1. The summed E-state index contributed by atoms with van der Waals surface area (Å²) in [6.07, 6.45) is 4.02. The topological polar surface area (TPSA) is 126 Å². The van der Waals surface area contributed by atoms with Crippen LogP contribution in [-0.2, 0) is 9.53 Å². The molecule has 2 aliphatic heterocycles. The highest BCUT2D eigenvalue weighted by Gasteiger charge is 2.38. The number of ether oxygens (including phenoxy) is 3. The normalized spacial score (nSPS) is 21.6. The monoisotopic (exact) mass is 583 g/mol. The Morgan fingerprint density at radius 1 is 1.05 bits per heavy atom. The summed E-state index contributed by atoms with van der Waals surface area (Å²) in [7, 11) is 1.63. The summed E-state index contributed by atoms with van der Waals surface area (Å²) in [4.78, 5) is 30.3. The van der Waals surface area contributed by atoms with E-state index in [0.717, 1.165) is 37.6 Å². The smallest absolute Gasteiger partial charge is 0.239 e. The fraction of sp³-hybridized carbons (Fsp3) is 0.469. The fourth-order valence-electron chi connectivity index (χ4n) is 6.33. The van der Waals surface area contributed by atoms with Crippen LogP contribution in [0.5, 0.6) is 11.6 Å². The lowest BCUT2D eigenvalue weighted by Gasteiger charge is -2.51. The lowest BCUT2D eigenvalue weighted by molar-refractivity contribution is -0.121. The van der Waals surface area contributed by atoms with E-state index in [1.54, 1.807) is 31.5 Å². The number of ketones is 1. The zero-order valence-corrected chi connectivity index (χ0v) is 24.8. The van der Waals surface area contributed by atoms with E-state index in [1.807, 2.05) is 18.2 Å². The first kappa shape index (κ1) is 28.8. The Balaban J connectivity index is 1.15. The Labute approximate surface area is 251 Å². The minimum absolute atomic E-state index is 0.0553. The third-order valence-corrected chi connectivity index (χ3v) is 8.48. The summed E-state index contributed by atoms with van der Waals surface area (Å²) >= 11 is 0. The van der Waals surface area contributed by atoms with E-state index < -0.39 is 0 Å². The number of hydrogen-bond donors (Lipinski definition) is 1. The Kier molecular flexibility index (Phi) is 8.40. The molecular formula is C32H37N7O4. The Morgan fingerprint density at radius 3 is 2.49 bits per heavy atom. The van der Waals surface area contributed by atoms with Crippen molar-refractivity contribution in [1.82, 2.24) is 19.9 Å². The summed E-state index contributed by atoms with van der Waals surface area (Å²) in [6, 6.07) is 14.7. The predicted molar refractivity (Wildman–Crippen MR) is 162 cm³/mol. The van der Waals surface area contributed by atoms with E-state index in [2.05, 4.69) is 45.0 Å². The molecule has 1 N–H and O–H groups in total. The maximum Gasteiger partial charge on any atom is 0.239 e. The van der Waals surface area contributed by atoms with Crippen LogP contribution < -0.4 is 19.7 Å². The molecule has 0 spiro atoms. The van der Waals surface area contributed by atoms with Gasteiger partial charge in [0, 0.05) is 49.8 Å². The molecule has 1 aliphatic carbocycles. The molecule has 4 heterocycles. The largest absolute Gasteiger partial charge is 0.489 e. The number of benzene rings is 1. The van der Waals surface area contributed by atoms with Crippen molar-refractivity contribution < 1.29 is 19.0 Å². The van der Waals surface area contributed by atoms with E-state index in [1.165, 1.54) is 0 Å². The van der Waals surface area contributed by atoms with Crippen LogP contribution in [0, 0.1) is 11.3 Å². The standard InChI is InChI=1S/C32H37N7O4/c1-20-16-38(17-21(2)39(20)24-18-42-19-24)28-9-11-30(36-31(28)41-3)37-32-34-13-12-27(35-32)22-4-10-29(23(14-22)15-33)43-26-7-5-25(40)6-8-26/h4,9-14,20-21,24,26H,5-8,16-19H2,1-3H3,(H,34,35,36,37)/t20-,21+. The second kappa shape index (κ2) is 12.5. The fourth-order valence-corrected chi connectivity index (χ4v) is 6.33. The minimum atomic E-state index is -0.0553. The first-order valence-electron chi connectivity index (χ1n) is 14.9. The Hall–Kier alpha value is -4.27. The van der Waals surface area contributed by atoms with Crippen molar-refractivity contribution in [3.05, 3.63) is 48.2 Å². The number of nitrogens with zero attached hydrogens (tertiary/aromatic N) is 6. The lowest BCUT2D eigenvalue weighted by atomic mass is 9.96. The van der Waals surface area contributed by atoms with Gasteiger partial charge < -0.3 is 24.4 Å². The van der Waals surface area contributed by atoms with Gasteiger partial charge in [-0.15, -0.1) is 0 Å². The molecule has 2 atom stereocenters. The third-order valence-electron chi connectivity index (χ3n) is 8.48. The van der Waals surface area contributed by atoms with Gasteiger partial charge in [0.15, 0.2) is 0 Å². The van der Waals surface area contributed by atoms with Crippen LogP contribution >= 0.6 is 0 Å². The van der Waals surface area contributed by atoms with Gasteiger partial charge in [-0.1, -0.05) is 0 Å². The third kappa shape index (κ3) is 6.26. The highest BCUT2D eigenvalue weighted by atomic mass is 16.5. The number of Topliss-reactive ketones (excluding diaryl/α,β-unsaturated/α-hetero) is 1. The predicted octanol–water partition coefficient (Wildman–Crippen LogP) is 4.35. The van der Waals surface area contributed by atoms with Gasteiger partial charge in [0.2, 0.25) is 11.8 Å². The number of nitriles is 1. The van der Waals surface area contributed by atoms with Crippen molar-refractivity contribution in [2.45, 2.75) is 63.8 Å². The highest BCUT2D eigenvalue weighted by molar-refractivity contribution is 5.79. The minimum Gasteiger partial charge on any atom is -0.489 e. The molecule has 1 saturated carbocycles. The van der Waals surface area contributed by atoms with Gasteiger partial charge in [0.25, 0.3) is 0 Å². The van der Waals surface area contributed by atoms with Gasteiger partial charge in [0.1, 0.15) is 29.1 Å². The van der Waals surface area contributed by atoms with Gasteiger partial charge in [-0.2, -0.15) is 10.2 Å². The van der Waals surface area contributed by atoms with Gasteiger partial charge in [-0.25, -0.2) is 9.97 Å². The molecular weight excluding hydrogens is 546 g/mol. The van der Waals surface area contributed by atoms with E-state index in [-0.39, 0.29) is 11.9 Å². The van der Waals surface area contributed by atoms with Crippen LogP contribution in [0.4, 0.5) is 17.5 Å². The molecule has 3 aromatic rings. The van der Waals surface area contributed by atoms with Crippen LogP contribution in [0.2, 0.25) is 0 Å². The highest BCUT2D eigenvalue weighted by Crippen LogP contribution is 2.33. The average molecular weight is 584 g/mol. The molecule has 2 saturated heterocycles. The van der Waals surface area contributed by atoms with Crippen LogP contribution in [0.1, 0.15) is 45.1 Å². The maximum absolute atomic E-state index is 11.6. The molecule has 3 aliphatic rings. The number of pyridine rings is 1. The van der Waals surface area contributed by atoms with Crippen molar-refractivity contribution in [2.24, 2.45) is 0 Å². The SMILES string of the molecule is COc1nc(Nc2nccc(-c3ccc(OC4CCC(=O)CC4)c(C#N)c3)n2)ccc1N1C[C@@H](C)N(C2COC2)[C@@H](C)C1. The van der Waals surface area contributed by atoms with Crippen molar-refractivity contribution in [2.75, 3.05) is 43.6 Å². The molecule has 43 heavy (non-hydrogen) atoms. The van der Waals surface area contributed by atoms with Crippen molar-refractivity contribution in [3.63, 3.8) is 0 Å². The summed E-state index contributed by atoms with van der Waals surface area (Å²) in [5.74, 6) is 2.28. The van der Waals surface area contributed by atoms with Gasteiger partial charge in [0.05, 0.1) is 43.7 Å². The molecule has 0 bridgehead atoms. The summed E-state index contributed by atoms with van der Waals surface area (Å²) < 4.78 is 17.2. The number of carbonyl (C=O) groups excluding carboxylic acids is 1. The number of anilines is 3. The first-order valence-corrected chi connectivity index (χ1v) is 14.9. The number of aromatic nitrogens is 3. The summed E-state index contributed by atoms with van der Waals surface area (Å²) in [6.45, 7) is 7.92. The molecule has 3 fully saturated rings. The van der Waals surface area contributed by atoms with Gasteiger partial charge in [-0.3, -0.25) is 9.69 Å². The van der Waals surface area contributed by atoms with E-state index in [0.29, 0.717) is 78.5 Å². The number of piperazine rings is 1. The van der Waals surface area contributed by atoms with E-state index in [9.17, 15) is 10.1 Å². The molecule has 11 nitrogen and oxygen atoms in total. The number of carbonyl (C=O) groups is 1. The molecule has 1 aromatic carbocycles. The molecule has 0 radical (unpaired) electrons. The summed E-state index contributed by atoms with van der Waals surface area (Å²) in [5, 5.41) is 13.0. The van der Waals surface area contributed by atoms with Gasteiger partial charge in [-0.05, 0) is 63.1 Å². The summed E-state index contributed by atoms with van der Waals surface area (Å²) in [5.41, 5.74) is 2.81. The van der Waals surface area contributed by atoms with Crippen molar-refractivity contribution in [1.29, 1.82) is 5.26 Å². The van der Waals surface area contributed by atoms with Crippen LogP contribution in [-0.4, -0.2) is 83.3 Å². The maximum atomic E-state index is 11.6. The molecule has 11 heteroatoms. The quantitative estimate of drug-likeness (QED) is 0.407. The zero-order chi connectivity index (χ0) is 29.9. The second-order valence-corrected chi connectivity index (χ2v) is 11.5. The van der Waals surface area contributed by atoms with E-state index in [4.69, 9.17) is 19.2 Å². The molecule has 0 amide bonds. The number of rotatable bonds is 8. The Bertz CT molecular complexity index is 1500. The molecule has 6 rings (SSSR count).